The maximum atomic E-state index is 13.8. The number of aliphatic imine (C=N–C) groups is 1. The van der Waals surface area contributed by atoms with Gasteiger partial charge in [0.1, 0.15) is 17.9 Å². The van der Waals surface area contributed by atoms with E-state index in [1.807, 2.05) is 42.5 Å². The third-order valence-corrected chi connectivity index (χ3v) is 6.75. The summed E-state index contributed by atoms with van der Waals surface area (Å²) in [5.74, 6) is -5.17. The van der Waals surface area contributed by atoms with Crippen LogP contribution in [0.15, 0.2) is 89.9 Å². The summed E-state index contributed by atoms with van der Waals surface area (Å²) in [5.41, 5.74) is 24.6. The number of alkyl halides is 3. The first kappa shape index (κ1) is 38.3. The largest absolute Gasteiger partial charge is 0.490 e. The first-order valence-electron chi connectivity index (χ1n) is 14.4. The van der Waals surface area contributed by atoms with Crippen LogP contribution in [0.25, 0.3) is 0 Å². The van der Waals surface area contributed by atoms with Crippen LogP contribution in [0, 0.1) is 5.41 Å². The molecule has 0 aromatic heterocycles. The fourth-order valence-corrected chi connectivity index (χ4v) is 4.34. The number of amidine groups is 1. The number of carbonyl (C=O) groups excluding carboxylic acids is 3. The molecular formula is C32H37F3N8O5. The highest BCUT2D eigenvalue weighted by atomic mass is 19.4. The molecule has 0 bridgehead atoms. The van der Waals surface area contributed by atoms with Crippen molar-refractivity contribution in [1.82, 2.24) is 10.6 Å². The van der Waals surface area contributed by atoms with E-state index in [4.69, 9.17) is 38.2 Å². The lowest BCUT2D eigenvalue weighted by atomic mass is 9.90. The van der Waals surface area contributed by atoms with Gasteiger partial charge < -0.3 is 38.7 Å². The van der Waals surface area contributed by atoms with E-state index in [-0.39, 0.29) is 30.7 Å². The Morgan fingerprint density at radius 1 is 0.792 bits per heavy atom. The minimum Gasteiger partial charge on any atom is -0.475 e. The maximum Gasteiger partial charge on any atom is 0.490 e. The number of hydrogen-bond donors (Lipinski definition) is 8. The van der Waals surface area contributed by atoms with Crippen molar-refractivity contribution in [3.05, 3.63) is 107 Å². The van der Waals surface area contributed by atoms with Crippen LogP contribution in [-0.4, -0.2) is 59.4 Å². The number of rotatable bonds is 14. The van der Waals surface area contributed by atoms with Gasteiger partial charge in [-0.3, -0.25) is 24.8 Å². The highest BCUT2D eigenvalue weighted by Gasteiger charge is 2.38. The highest BCUT2D eigenvalue weighted by molar-refractivity contribution is 5.95. The van der Waals surface area contributed by atoms with Crippen molar-refractivity contribution < 1.29 is 37.5 Å². The topological polar surface area (TPSA) is 253 Å². The number of primary amides is 1. The van der Waals surface area contributed by atoms with Gasteiger partial charge in [-0.15, -0.1) is 0 Å². The summed E-state index contributed by atoms with van der Waals surface area (Å²) in [6.07, 6.45) is -4.12. The Kier molecular flexibility index (Phi) is 14.6. The molecule has 3 atom stereocenters. The smallest absolute Gasteiger partial charge is 0.475 e. The number of carboxylic acid groups (broad SMARTS) is 1. The van der Waals surface area contributed by atoms with E-state index in [0.717, 1.165) is 11.1 Å². The van der Waals surface area contributed by atoms with E-state index in [9.17, 15) is 27.6 Å². The first-order valence-corrected chi connectivity index (χ1v) is 14.4. The number of hydrogen-bond acceptors (Lipinski definition) is 6. The minimum atomic E-state index is -5.08. The SMILES string of the molecule is N=C(N)c1ccc(CC(C(=O)N[C@H](C(=O)N[C@@H](CCCN=C(N)N)C(N)=O)c2ccccc2)c2ccccc2)cc1.O=C(O)C(F)(F)F. The molecule has 0 fully saturated rings. The standard InChI is InChI=1S/C30H36N8O3.C2HF3O2/c31-26(32)22-15-13-19(14-16-22)18-23(20-8-3-1-4-9-20)28(40)38-25(21-10-5-2-6-11-21)29(41)37-24(27(33)39)12-7-17-36-30(34)35;3-2(4,5)1(6)7/h1-6,8-11,13-16,23-25H,7,12,17-18H2,(H3,31,32)(H2,33,39)(H,37,41)(H,38,40)(H4,34,35,36);(H,6,7)/t23?,24-,25-;/m0./s1. The van der Waals surface area contributed by atoms with Crippen LogP contribution in [-0.2, 0) is 25.6 Å². The molecule has 0 aliphatic rings. The molecule has 0 spiro atoms. The van der Waals surface area contributed by atoms with Gasteiger partial charge in [0, 0.05) is 12.1 Å². The molecule has 3 amide bonds. The number of benzene rings is 3. The Morgan fingerprint density at radius 2 is 1.31 bits per heavy atom. The lowest BCUT2D eigenvalue weighted by Crippen LogP contribution is -2.50. The summed E-state index contributed by atoms with van der Waals surface area (Å²) in [6.45, 7) is 0.271. The fourth-order valence-electron chi connectivity index (χ4n) is 4.34. The zero-order valence-electron chi connectivity index (χ0n) is 25.6. The van der Waals surface area contributed by atoms with Crippen molar-refractivity contribution in [2.75, 3.05) is 6.54 Å². The number of nitrogen functional groups attached to an aromatic ring is 1. The molecule has 0 aliphatic carbocycles. The van der Waals surface area contributed by atoms with Crippen molar-refractivity contribution in [2.24, 2.45) is 27.9 Å². The Hall–Kier alpha value is -5.93. The summed E-state index contributed by atoms with van der Waals surface area (Å²) in [4.78, 5) is 52.3. The molecule has 3 aromatic carbocycles. The van der Waals surface area contributed by atoms with E-state index in [2.05, 4.69) is 15.6 Å². The predicted molar refractivity (Wildman–Crippen MR) is 172 cm³/mol. The van der Waals surface area contributed by atoms with Crippen LogP contribution in [0.3, 0.4) is 0 Å². The number of amides is 3. The Morgan fingerprint density at radius 3 is 1.77 bits per heavy atom. The number of nitrogens with zero attached hydrogens (tertiary/aromatic N) is 1. The molecule has 12 N–H and O–H groups in total. The third kappa shape index (κ3) is 12.8. The lowest BCUT2D eigenvalue weighted by Gasteiger charge is -2.25. The number of carboxylic acids is 1. The first-order chi connectivity index (χ1) is 22.6. The molecule has 48 heavy (non-hydrogen) atoms. The fraction of sp³-hybridized carbons (Fsp3) is 0.250. The second-order valence-corrected chi connectivity index (χ2v) is 10.3. The van der Waals surface area contributed by atoms with Crippen LogP contribution in [0.5, 0.6) is 0 Å². The Bertz CT molecular complexity index is 1570. The van der Waals surface area contributed by atoms with Crippen molar-refractivity contribution in [1.29, 1.82) is 5.41 Å². The van der Waals surface area contributed by atoms with E-state index >= 15 is 0 Å². The Labute approximate surface area is 274 Å². The highest BCUT2D eigenvalue weighted by Crippen LogP contribution is 2.24. The van der Waals surface area contributed by atoms with E-state index in [0.29, 0.717) is 24.0 Å². The van der Waals surface area contributed by atoms with E-state index < -0.39 is 42.0 Å². The number of nitrogens with one attached hydrogen (secondary N) is 3. The monoisotopic (exact) mass is 670 g/mol. The number of carbonyl (C=O) groups is 4. The summed E-state index contributed by atoms with van der Waals surface area (Å²) >= 11 is 0. The van der Waals surface area contributed by atoms with Gasteiger partial charge in [0.25, 0.3) is 0 Å². The van der Waals surface area contributed by atoms with Gasteiger partial charge >= 0.3 is 12.1 Å². The van der Waals surface area contributed by atoms with Crippen LogP contribution in [0.2, 0.25) is 0 Å². The van der Waals surface area contributed by atoms with Crippen LogP contribution in [0.1, 0.15) is 47.1 Å². The molecule has 256 valence electrons. The predicted octanol–water partition coefficient (Wildman–Crippen LogP) is 1.81. The summed E-state index contributed by atoms with van der Waals surface area (Å²) < 4.78 is 31.7. The van der Waals surface area contributed by atoms with Gasteiger partial charge in [0.2, 0.25) is 17.7 Å². The van der Waals surface area contributed by atoms with Crippen molar-refractivity contribution in [3.8, 4) is 0 Å². The molecule has 0 saturated carbocycles. The normalized spacial score (nSPS) is 12.6. The van der Waals surface area contributed by atoms with Gasteiger partial charge in [0.15, 0.2) is 5.96 Å². The van der Waals surface area contributed by atoms with E-state index in [1.54, 1.807) is 42.5 Å². The summed E-state index contributed by atoms with van der Waals surface area (Å²) in [6, 6.07) is 23.0. The average Bonchev–Trinajstić information content (AvgIpc) is 3.04. The van der Waals surface area contributed by atoms with Crippen molar-refractivity contribution in [3.63, 3.8) is 0 Å². The lowest BCUT2D eigenvalue weighted by molar-refractivity contribution is -0.192. The second-order valence-electron chi connectivity index (χ2n) is 10.3. The van der Waals surface area contributed by atoms with Crippen LogP contribution < -0.4 is 33.6 Å². The zero-order chi connectivity index (χ0) is 35.9. The van der Waals surface area contributed by atoms with Gasteiger partial charge in [-0.05, 0) is 36.0 Å². The van der Waals surface area contributed by atoms with Gasteiger partial charge in [-0.25, -0.2) is 4.79 Å². The van der Waals surface area contributed by atoms with Crippen LogP contribution in [0.4, 0.5) is 13.2 Å². The van der Waals surface area contributed by atoms with Gasteiger partial charge in [-0.1, -0.05) is 84.9 Å². The van der Waals surface area contributed by atoms with Crippen LogP contribution >= 0.6 is 0 Å². The molecule has 16 heteroatoms. The third-order valence-electron chi connectivity index (χ3n) is 6.75. The van der Waals surface area contributed by atoms with Gasteiger partial charge in [-0.2, -0.15) is 13.2 Å². The molecule has 3 aromatic rings. The molecule has 0 aliphatic heterocycles. The number of aliphatic carboxylic acids is 1. The number of guanidine groups is 1. The second kappa shape index (κ2) is 18.3. The molecule has 13 nitrogen and oxygen atoms in total. The quantitative estimate of drug-likeness (QED) is 0.0711. The molecular weight excluding hydrogens is 633 g/mol. The number of halogens is 3. The molecule has 0 heterocycles. The maximum absolute atomic E-state index is 13.8. The molecule has 1 unspecified atom stereocenters. The van der Waals surface area contributed by atoms with Crippen molar-refractivity contribution >= 4 is 35.5 Å². The van der Waals surface area contributed by atoms with Crippen molar-refractivity contribution in [2.45, 2.75) is 43.4 Å². The Balaban J connectivity index is 0.00000103. The summed E-state index contributed by atoms with van der Waals surface area (Å²) in [7, 11) is 0. The summed E-state index contributed by atoms with van der Waals surface area (Å²) in [5, 5.41) is 20.3. The van der Waals surface area contributed by atoms with Gasteiger partial charge in [0.05, 0.1) is 5.92 Å². The molecule has 0 radical (unpaired) electrons. The average molecular weight is 671 g/mol. The minimum absolute atomic E-state index is 0.0453. The number of nitrogens with two attached hydrogens (primary N) is 4. The molecule has 0 saturated heterocycles. The zero-order valence-corrected chi connectivity index (χ0v) is 25.6. The molecule has 3 rings (SSSR count). The van der Waals surface area contributed by atoms with E-state index in [1.165, 1.54) is 0 Å².